The molecule has 0 saturated carbocycles. The predicted octanol–water partition coefficient (Wildman–Crippen LogP) is 0.420. The molecule has 0 aliphatic carbocycles. The molecule has 0 aliphatic heterocycles. The van der Waals surface area contributed by atoms with Crippen LogP contribution in [0.3, 0.4) is 0 Å². The van der Waals surface area contributed by atoms with Crippen molar-refractivity contribution in [3.8, 4) is 5.69 Å². The van der Waals surface area contributed by atoms with E-state index in [0.29, 0.717) is 11.3 Å². The quantitative estimate of drug-likeness (QED) is 0.358. The molecule has 9 nitrogen and oxygen atoms in total. The summed E-state index contributed by atoms with van der Waals surface area (Å²) in [6, 6.07) is 6.27. The third-order valence-electron chi connectivity index (χ3n) is 2.92. The number of aromatic nitrogens is 2. The van der Waals surface area contributed by atoms with Crippen LogP contribution < -0.4 is 22.6 Å². The van der Waals surface area contributed by atoms with Gasteiger partial charge in [0.15, 0.2) is 5.69 Å². The summed E-state index contributed by atoms with van der Waals surface area (Å²) in [5.74, 6) is 4.32. The zero-order chi connectivity index (χ0) is 17.0. The summed E-state index contributed by atoms with van der Waals surface area (Å²) in [4.78, 5) is 22.4. The lowest BCUT2D eigenvalue weighted by Crippen LogP contribution is -2.22. The average Bonchev–Trinajstić information content (AvgIpc) is 2.91. The van der Waals surface area contributed by atoms with Crippen LogP contribution in [0.4, 0.5) is 10.5 Å². The Hall–Kier alpha value is -3.62. The molecule has 23 heavy (non-hydrogen) atoms. The molecule has 0 bridgehead atoms. The van der Waals surface area contributed by atoms with E-state index < -0.39 is 11.9 Å². The number of carbonyl (C=O) groups excluding carboxylic acids is 2. The lowest BCUT2D eigenvalue weighted by Gasteiger charge is -2.05. The van der Waals surface area contributed by atoms with Crippen molar-refractivity contribution in [2.24, 2.45) is 22.4 Å². The lowest BCUT2D eigenvalue weighted by atomic mass is 10.1. The van der Waals surface area contributed by atoms with Crippen LogP contribution in [-0.2, 0) is 0 Å². The van der Waals surface area contributed by atoms with E-state index in [4.69, 9.17) is 17.3 Å². The van der Waals surface area contributed by atoms with E-state index in [2.05, 4.69) is 22.1 Å². The molecule has 7 N–H and O–H groups in total. The highest BCUT2D eigenvalue weighted by molar-refractivity contribution is 6.08. The maximum Gasteiger partial charge on any atom is 0.316 e. The van der Waals surface area contributed by atoms with E-state index in [1.807, 2.05) is 6.07 Å². The van der Waals surface area contributed by atoms with Crippen LogP contribution in [0.2, 0.25) is 0 Å². The van der Waals surface area contributed by atoms with Crippen LogP contribution in [0.25, 0.3) is 11.3 Å². The van der Waals surface area contributed by atoms with E-state index in [9.17, 15) is 9.59 Å². The molecule has 0 aliphatic rings. The summed E-state index contributed by atoms with van der Waals surface area (Å²) in [5.41, 5.74) is 12.3. The van der Waals surface area contributed by atoms with Gasteiger partial charge in [-0.1, -0.05) is 18.7 Å². The fourth-order valence-corrected chi connectivity index (χ4v) is 1.93. The van der Waals surface area contributed by atoms with E-state index >= 15 is 0 Å². The van der Waals surface area contributed by atoms with Crippen molar-refractivity contribution in [3.63, 3.8) is 0 Å². The van der Waals surface area contributed by atoms with Gasteiger partial charge in [-0.3, -0.25) is 4.79 Å². The molecule has 1 aromatic heterocycles. The molecule has 0 atom stereocenters. The minimum absolute atomic E-state index is 0.100. The number of urea groups is 1. The Morgan fingerprint density at radius 1 is 1.35 bits per heavy atom. The Kier molecular flexibility index (Phi) is 4.41. The smallest absolute Gasteiger partial charge is 0.316 e. The Labute approximate surface area is 131 Å². The van der Waals surface area contributed by atoms with Gasteiger partial charge >= 0.3 is 6.03 Å². The van der Waals surface area contributed by atoms with Crippen LogP contribution in [0.15, 0.2) is 42.1 Å². The summed E-state index contributed by atoms with van der Waals surface area (Å²) in [6.45, 7) is 3.83. The van der Waals surface area contributed by atoms with Crippen LogP contribution >= 0.6 is 0 Å². The van der Waals surface area contributed by atoms with Gasteiger partial charge in [-0.15, -0.1) is 0 Å². The number of carbonyl (C=O) groups is 2. The molecule has 0 radical (unpaired) electrons. The van der Waals surface area contributed by atoms with Gasteiger partial charge in [-0.25, -0.2) is 9.48 Å². The van der Waals surface area contributed by atoms with Crippen LogP contribution in [0.5, 0.6) is 0 Å². The molecule has 1 heterocycles. The number of nitrogens with two attached hydrogens (primary N) is 3. The Morgan fingerprint density at radius 2 is 2.09 bits per heavy atom. The molecule has 3 amide bonds. The van der Waals surface area contributed by atoms with Gasteiger partial charge in [0.2, 0.25) is 0 Å². The molecule has 0 fully saturated rings. The maximum atomic E-state index is 11.4. The van der Waals surface area contributed by atoms with Gasteiger partial charge in [0.25, 0.3) is 5.91 Å². The van der Waals surface area contributed by atoms with Crippen LogP contribution in [0.1, 0.15) is 16.1 Å². The van der Waals surface area contributed by atoms with Gasteiger partial charge in [0.05, 0.1) is 23.8 Å². The van der Waals surface area contributed by atoms with Crippen molar-refractivity contribution in [2.45, 2.75) is 0 Å². The summed E-state index contributed by atoms with van der Waals surface area (Å²) in [7, 11) is 0. The van der Waals surface area contributed by atoms with E-state index in [-0.39, 0.29) is 11.4 Å². The Balaban J connectivity index is 2.46. The first-order valence-corrected chi connectivity index (χ1v) is 6.41. The largest absolute Gasteiger partial charge is 0.364 e. The topological polar surface area (TPSA) is 154 Å². The zero-order valence-electron chi connectivity index (χ0n) is 12.1. The van der Waals surface area contributed by atoms with Gasteiger partial charge in [-0.05, 0) is 23.3 Å². The third-order valence-corrected chi connectivity index (χ3v) is 2.92. The summed E-state index contributed by atoms with van der Waals surface area (Å²) in [5, 5.41) is 9.78. The third kappa shape index (κ3) is 3.53. The Morgan fingerprint density at radius 3 is 2.70 bits per heavy atom. The first-order chi connectivity index (χ1) is 10.9. The average molecular weight is 313 g/mol. The second kappa shape index (κ2) is 6.43. The number of nitrogens with zero attached hydrogens (tertiary/aromatic N) is 3. The molecule has 2 aromatic rings. The summed E-state index contributed by atoms with van der Waals surface area (Å²) >= 11 is 0. The molecule has 1 aromatic carbocycles. The number of anilines is 1. The van der Waals surface area contributed by atoms with Gasteiger partial charge in [0.1, 0.15) is 0 Å². The van der Waals surface area contributed by atoms with Crippen LogP contribution in [-0.4, -0.2) is 27.9 Å². The first-order valence-electron chi connectivity index (χ1n) is 6.41. The van der Waals surface area contributed by atoms with Crippen molar-refractivity contribution in [1.82, 2.24) is 9.78 Å². The van der Waals surface area contributed by atoms with Crippen molar-refractivity contribution >= 4 is 29.4 Å². The monoisotopic (exact) mass is 313 g/mol. The number of amides is 3. The normalized spacial score (nSPS) is 10.6. The number of allylic oxidation sites excluding steroid dienone is 1. The van der Waals surface area contributed by atoms with Crippen molar-refractivity contribution in [1.29, 1.82) is 0 Å². The fourth-order valence-electron chi connectivity index (χ4n) is 1.93. The maximum absolute atomic E-state index is 11.4. The number of hydrogen-bond donors (Lipinski definition) is 4. The number of nitrogens with one attached hydrogen (secondary N) is 1. The highest BCUT2D eigenvalue weighted by Crippen LogP contribution is 2.19. The molecular formula is C14H15N7O2. The number of primary amides is 2. The standard InChI is InChI=1S/C14H15N7O2/c1-8(6-18-17)9-3-2-4-10(5-9)21-7-11(19-14(16)23)12(20-21)13(15)22/h2-7H,1,17H2,(H2,15,22)(H3,16,19,23)/b18-6-. The highest BCUT2D eigenvalue weighted by atomic mass is 16.2. The van der Waals surface area contributed by atoms with Crippen molar-refractivity contribution < 1.29 is 9.59 Å². The first kappa shape index (κ1) is 15.8. The van der Waals surface area contributed by atoms with E-state index in [1.165, 1.54) is 17.1 Å². The fraction of sp³-hybridized carbons (Fsp3) is 0. The number of hydrazone groups is 1. The van der Waals surface area contributed by atoms with Gasteiger partial charge in [-0.2, -0.15) is 10.2 Å². The highest BCUT2D eigenvalue weighted by Gasteiger charge is 2.16. The predicted molar refractivity (Wildman–Crippen MR) is 87.0 cm³/mol. The molecule has 2 rings (SSSR count). The number of benzene rings is 1. The molecular weight excluding hydrogens is 298 g/mol. The lowest BCUT2D eigenvalue weighted by molar-refractivity contribution is 0.0996. The second-order valence-electron chi connectivity index (χ2n) is 4.54. The second-order valence-corrected chi connectivity index (χ2v) is 4.54. The van der Waals surface area contributed by atoms with E-state index in [0.717, 1.165) is 5.56 Å². The summed E-state index contributed by atoms with van der Waals surface area (Å²) < 4.78 is 1.39. The van der Waals surface area contributed by atoms with Crippen LogP contribution in [0, 0.1) is 0 Å². The molecule has 0 spiro atoms. The number of rotatable bonds is 5. The molecule has 0 saturated heterocycles. The van der Waals surface area contributed by atoms with Crippen molar-refractivity contribution in [2.75, 3.05) is 5.32 Å². The van der Waals surface area contributed by atoms with Gasteiger partial charge < -0.3 is 22.6 Å². The number of hydrogen-bond acceptors (Lipinski definition) is 5. The molecule has 0 unspecified atom stereocenters. The van der Waals surface area contributed by atoms with Crippen molar-refractivity contribution in [3.05, 3.63) is 48.3 Å². The Bertz CT molecular complexity index is 807. The molecule has 118 valence electrons. The van der Waals surface area contributed by atoms with Gasteiger partial charge in [0, 0.05) is 0 Å². The summed E-state index contributed by atoms with van der Waals surface area (Å²) in [6.07, 6.45) is 2.85. The molecule has 9 heteroatoms. The van der Waals surface area contributed by atoms with E-state index in [1.54, 1.807) is 18.2 Å². The SMILES string of the molecule is C=C(/C=N\N)c1cccc(-n2cc(NC(N)=O)c(C(N)=O)n2)c1. The minimum Gasteiger partial charge on any atom is -0.364 e. The minimum atomic E-state index is -0.826. The zero-order valence-corrected chi connectivity index (χ0v) is 12.1.